The quantitative estimate of drug-likeness (QED) is 0.560. The van der Waals surface area contributed by atoms with Crippen LogP contribution in [0.1, 0.15) is 18.4 Å². The Morgan fingerprint density at radius 2 is 2.32 bits per heavy atom. The Bertz CT molecular complexity index is 480. The Kier molecular flexibility index (Phi) is 4.41. The summed E-state index contributed by atoms with van der Waals surface area (Å²) in [6.45, 7) is 1.34. The second-order valence-corrected chi connectivity index (χ2v) is 4.60. The summed E-state index contributed by atoms with van der Waals surface area (Å²) in [5, 5.41) is 2.81. The third kappa shape index (κ3) is 3.99. The number of amides is 1. The molecule has 0 spiro atoms. The molecule has 1 saturated heterocycles. The number of ether oxygens (including phenoxy) is 1. The van der Waals surface area contributed by atoms with Crippen LogP contribution < -0.4 is 16.8 Å². The molecule has 0 radical (unpaired) electrons. The van der Waals surface area contributed by atoms with E-state index in [0.29, 0.717) is 17.9 Å². The van der Waals surface area contributed by atoms with Crippen LogP contribution in [0.3, 0.4) is 0 Å². The Hall–Kier alpha value is -2.01. The zero-order valence-corrected chi connectivity index (χ0v) is 10.8. The minimum Gasteiger partial charge on any atom is -0.399 e. The van der Waals surface area contributed by atoms with Crippen LogP contribution in [-0.2, 0) is 9.53 Å². The molecule has 1 fully saturated rings. The number of rotatable bonds is 4. The Morgan fingerprint density at radius 3 is 3.05 bits per heavy atom. The van der Waals surface area contributed by atoms with Gasteiger partial charge in [0.15, 0.2) is 0 Å². The summed E-state index contributed by atoms with van der Waals surface area (Å²) in [5.74, 6) is -0.155. The highest BCUT2D eigenvalue weighted by atomic mass is 16.5. The SMILES string of the molecule is Nc1ccc(N)c(C=CC(=O)NCC2CCCO2)c1. The topological polar surface area (TPSA) is 90.4 Å². The molecule has 1 aromatic carbocycles. The van der Waals surface area contributed by atoms with Gasteiger partial charge in [-0.05, 0) is 42.7 Å². The number of anilines is 2. The number of hydrogen-bond donors (Lipinski definition) is 3. The number of benzene rings is 1. The molecule has 1 heterocycles. The molecular formula is C14H19N3O2. The van der Waals surface area contributed by atoms with Gasteiger partial charge in [0.1, 0.15) is 0 Å². The molecular weight excluding hydrogens is 242 g/mol. The first-order chi connectivity index (χ1) is 9.15. The second-order valence-electron chi connectivity index (χ2n) is 4.60. The lowest BCUT2D eigenvalue weighted by atomic mass is 10.1. The maximum Gasteiger partial charge on any atom is 0.244 e. The molecule has 1 aliphatic rings. The molecule has 0 bridgehead atoms. The van der Waals surface area contributed by atoms with Crippen LogP contribution in [0.5, 0.6) is 0 Å². The van der Waals surface area contributed by atoms with Crippen molar-refractivity contribution in [2.75, 3.05) is 24.6 Å². The largest absolute Gasteiger partial charge is 0.399 e. The summed E-state index contributed by atoms with van der Waals surface area (Å²) in [4.78, 5) is 11.6. The minimum atomic E-state index is -0.155. The normalized spacial score (nSPS) is 18.8. The highest BCUT2D eigenvalue weighted by molar-refractivity contribution is 5.92. The van der Waals surface area contributed by atoms with Crippen molar-refractivity contribution < 1.29 is 9.53 Å². The molecule has 1 unspecified atom stereocenters. The van der Waals surface area contributed by atoms with Gasteiger partial charge in [0, 0.05) is 30.6 Å². The highest BCUT2D eigenvalue weighted by Gasteiger charge is 2.15. The number of carbonyl (C=O) groups excluding carboxylic acids is 1. The van der Waals surface area contributed by atoms with Crippen molar-refractivity contribution in [3.8, 4) is 0 Å². The number of nitrogen functional groups attached to an aromatic ring is 2. The van der Waals surface area contributed by atoms with E-state index in [1.54, 1.807) is 24.3 Å². The van der Waals surface area contributed by atoms with Crippen molar-refractivity contribution in [2.24, 2.45) is 0 Å². The van der Waals surface area contributed by atoms with Crippen molar-refractivity contribution >= 4 is 23.4 Å². The van der Waals surface area contributed by atoms with E-state index in [0.717, 1.165) is 25.0 Å². The molecule has 1 atom stereocenters. The Balaban J connectivity index is 1.86. The molecule has 1 aliphatic heterocycles. The summed E-state index contributed by atoms with van der Waals surface area (Å²) in [6.07, 6.45) is 5.34. The van der Waals surface area contributed by atoms with E-state index >= 15 is 0 Å². The van der Waals surface area contributed by atoms with E-state index < -0.39 is 0 Å². The van der Waals surface area contributed by atoms with Crippen molar-refractivity contribution in [3.05, 3.63) is 29.8 Å². The van der Waals surface area contributed by atoms with E-state index in [-0.39, 0.29) is 12.0 Å². The van der Waals surface area contributed by atoms with Crippen LogP contribution >= 0.6 is 0 Å². The predicted molar refractivity (Wildman–Crippen MR) is 76.3 cm³/mol. The molecule has 19 heavy (non-hydrogen) atoms. The van der Waals surface area contributed by atoms with Crippen molar-refractivity contribution in [1.29, 1.82) is 0 Å². The molecule has 0 saturated carbocycles. The molecule has 5 N–H and O–H groups in total. The minimum absolute atomic E-state index is 0.148. The van der Waals surface area contributed by atoms with Gasteiger partial charge in [-0.1, -0.05) is 0 Å². The second kappa shape index (κ2) is 6.24. The molecule has 0 aromatic heterocycles. The van der Waals surface area contributed by atoms with E-state index in [4.69, 9.17) is 16.2 Å². The smallest absolute Gasteiger partial charge is 0.244 e. The zero-order chi connectivity index (χ0) is 13.7. The number of carbonyl (C=O) groups is 1. The fraction of sp³-hybridized carbons (Fsp3) is 0.357. The fourth-order valence-corrected chi connectivity index (χ4v) is 1.98. The summed E-state index contributed by atoms with van der Waals surface area (Å²) in [5.41, 5.74) is 13.4. The number of nitrogens with two attached hydrogens (primary N) is 2. The van der Waals surface area contributed by atoms with Crippen molar-refractivity contribution in [3.63, 3.8) is 0 Å². The standard InChI is InChI=1S/C14H19N3O2/c15-11-4-5-13(16)10(8-11)3-6-14(18)17-9-12-2-1-7-19-12/h3-6,8,12H,1-2,7,9,15-16H2,(H,17,18). The average Bonchev–Trinajstić information content (AvgIpc) is 2.90. The van der Waals surface area contributed by atoms with Crippen molar-refractivity contribution in [2.45, 2.75) is 18.9 Å². The van der Waals surface area contributed by atoms with Gasteiger partial charge >= 0.3 is 0 Å². The highest BCUT2D eigenvalue weighted by Crippen LogP contribution is 2.17. The van der Waals surface area contributed by atoms with Crippen molar-refractivity contribution in [1.82, 2.24) is 5.32 Å². The Labute approximate surface area is 112 Å². The Morgan fingerprint density at radius 1 is 1.47 bits per heavy atom. The fourth-order valence-electron chi connectivity index (χ4n) is 1.98. The summed E-state index contributed by atoms with van der Waals surface area (Å²) >= 11 is 0. The lowest BCUT2D eigenvalue weighted by Crippen LogP contribution is -2.30. The first kappa shape index (κ1) is 13.4. The van der Waals surface area contributed by atoms with E-state index in [1.165, 1.54) is 6.08 Å². The third-order valence-electron chi connectivity index (χ3n) is 3.05. The van der Waals surface area contributed by atoms with E-state index in [1.807, 2.05) is 0 Å². The van der Waals surface area contributed by atoms with Gasteiger partial charge in [-0.2, -0.15) is 0 Å². The lowest BCUT2D eigenvalue weighted by Gasteiger charge is -2.09. The molecule has 1 amide bonds. The van der Waals surface area contributed by atoms with Crippen LogP contribution in [0.25, 0.3) is 6.08 Å². The van der Waals surface area contributed by atoms with Crippen LogP contribution in [0, 0.1) is 0 Å². The monoisotopic (exact) mass is 261 g/mol. The van der Waals surface area contributed by atoms with E-state index in [2.05, 4.69) is 5.32 Å². The third-order valence-corrected chi connectivity index (χ3v) is 3.05. The average molecular weight is 261 g/mol. The molecule has 0 aliphatic carbocycles. The number of nitrogens with one attached hydrogen (secondary N) is 1. The molecule has 5 heteroatoms. The predicted octanol–water partition coefficient (Wildman–Crippen LogP) is 1.16. The summed E-state index contributed by atoms with van der Waals surface area (Å²) in [7, 11) is 0. The van der Waals surface area contributed by atoms with Crippen LogP contribution in [0.2, 0.25) is 0 Å². The van der Waals surface area contributed by atoms with Gasteiger partial charge in [-0.25, -0.2) is 0 Å². The van der Waals surface area contributed by atoms with Gasteiger partial charge in [0.25, 0.3) is 0 Å². The van der Waals surface area contributed by atoms with Crippen LogP contribution in [-0.4, -0.2) is 25.2 Å². The van der Waals surface area contributed by atoms with Gasteiger partial charge in [-0.15, -0.1) is 0 Å². The molecule has 102 valence electrons. The summed E-state index contributed by atoms with van der Waals surface area (Å²) < 4.78 is 5.43. The number of hydrogen-bond acceptors (Lipinski definition) is 4. The maximum absolute atomic E-state index is 11.6. The van der Waals surface area contributed by atoms with E-state index in [9.17, 15) is 4.79 Å². The van der Waals surface area contributed by atoms with Gasteiger partial charge in [0.2, 0.25) is 5.91 Å². The van der Waals surface area contributed by atoms with Crippen LogP contribution in [0.4, 0.5) is 11.4 Å². The van der Waals surface area contributed by atoms with Crippen LogP contribution in [0.15, 0.2) is 24.3 Å². The molecule has 1 aromatic rings. The lowest BCUT2D eigenvalue weighted by molar-refractivity contribution is -0.116. The maximum atomic E-state index is 11.6. The van der Waals surface area contributed by atoms with Gasteiger partial charge in [-0.3, -0.25) is 4.79 Å². The van der Waals surface area contributed by atoms with Gasteiger partial charge < -0.3 is 21.5 Å². The zero-order valence-electron chi connectivity index (χ0n) is 10.8. The molecule has 2 rings (SSSR count). The molecule has 5 nitrogen and oxygen atoms in total. The van der Waals surface area contributed by atoms with Gasteiger partial charge in [0.05, 0.1) is 6.10 Å². The first-order valence-electron chi connectivity index (χ1n) is 6.37. The first-order valence-corrected chi connectivity index (χ1v) is 6.37. The summed E-state index contributed by atoms with van der Waals surface area (Å²) in [6, 6.07) is 5.18.